The van der Waals surface area contributed by atoms with Crippen LogP contribution in [0, 0.1) is 5.92 Å². The van der Waals surface area contributed by atoms with Crippen molar-refractivity contribution in [2.24, 2.45) is 5.92 Å². The van der Waals surface area contributed by atoms with E-state index in [1.807, 2.05) is 25.6 Å². The van der Waals surface area contributed by atoms with Crippen molar-refractivity contribution in [3.63, 3.8) is 0 Å². The highest BCUT2D eigenvalue weighted by atomic mass is 32.2. The molecule has 5 nitrogen and oxygen atoms in total. The number of carbonyl (C=O) groups excluding carboxylic acids is 2. The molecule has 1 heterocycles. The maximum atomic E-state index is 11.9. The van der Waals surface area contributed by atoms with E-state index in [0.29, 0.717) is 6.42 Å². The molecule has 2 atom stereocenters. The lowest BCUT2D eigenvalue weighted by molar-refractivity contribution is -0.146. The van der Waals surface area contributed by atoms with E-state index in [4.69, 9.17) is 4.74 Å². The van der Waals surface area contributed by atoms with Crippen LogP contribution in [0.3, 0.4) is 0 Å². The standard InChI is InChI=1S/C12H22N2O3S/c1-8(2)11(12(16)17-3)14-10(15)6-9-7-18-5-4-13-9/h8-9,11,13H,4-7H2,1-3H3,(H,14,15). The number of hydrogen-bond donors (Lipinski definition) is 2. The van der Waals surface area contributed by atoms with Crippen molar-refractivity contribution in [3.8, 4) is 0 Å². The smallest absolute Gasteiger partial charge is 0.328 e. The summed E-state index contributed by atoms with van der Waals surface area (Å²) in [5.41, 5.74) is 0. The Morgan fingerprint density at radius 2 is 2.22 bits per heavy atom. The molecule has 0 bridgehead atoms. The summed E-state index contributed by atoms with van der Waals surface area (Å²) in [6.07, 6.45) is 0.410. The molecule has 2 N–H and O–H groups in total. The third-order valence-electron chi connectivity index (χ3n) is 2.87. The molecule has 0 aliphatic carbocycles. The van der Waals surface area contributed by atoms with Crippen LogP contribution in [0.1, 0.15) is 20.3 Å². The number of methoxy groups -OCH3 is 1. The lowest BCUT2D eigenvalue weighted by Gasteiger charge is -2.24. The van der Waals surface area contributed by atoms with E-state index in [9.17, 15) is 9.59 Å². The van der Waals surface area contributed by atoms with Gasteiger partial charge in [0.05, 0.1) is 7.11 Å². The predicted molar refractivity (Wildman–Crippen MR) is 72.5 cm³/mol. The zero-order valence-electron chi connectivity index (χ0n) is 11.2. The van der Waals surface area contributed by atoms with Crippen LogP contribution < -0.4 is 10.6 Å². The molecule has 0 spiro atoms. The molecular weight excluding hydrogens is 252 g/mol. The summed E-state index contributed by atoms with van der Waals surface area (Å²) in [4.78, 5) is 23.4. The van der Waals surface area contributed by atoms with Gasteiger partial charge in [-0.1, -0.05) is 13.8 Å². The van der Waals surface area contributed by atoms with Gasteiger partial charge < -0.3 is 15.4 Å². The largest absolute Gasteiger partial charge is 0.467 e. The van der Waals surface area contributed by atoms with Gasteiger partial charge in [-0.3, -0.25) is 4.79 Å². The number of esters is 1. The summed E-state index contributed by atoms with van der Waals surface area (Å²) in [6, 6.07) is -0.354. The summed E-state index contributed by atoms with van der Waals surface area (Å²) in [6.45, 7) is 4.71. The zero-order valence-corrected chi connectivity index (χ0v) is 12.0. The average Bonchev–Trinajstić information content (AvgIpc) is 2.36. The Morgan fingerprint density at radius 1 is 1.50 bits per heavy atom. The summed E-state index contributed by atoms with van der Waals surface area (Å²) < 4.78 is 4.69. The molecule has 0 aromatic heterocycles. The Labute approximate surface area is 112 Å². The fourth-order valence-electron chi connectivity index (χ4n) is 1.83. The molecule has 0 aromatic carbocycles. The fourth-order valence-corrected chi connectivity index (χ4v) is 2.78. The van der Waals surface area contributed by atoms with E-state index in [0.717, 1.165) is 18.1 Å². The second-order valence-electron chi connectivity index (χ2n) is 4.74. The molecular formula is C12H22N2O3S. The van der Waals surface area contributed by atoms with Gasteiger partial charge in [-0.25, -0.2) is 4.79 Å². The first-order valence-electron chi connectivity index (χ1n) is 6.23. The summed E-state index contributed by atoms with van der Waals surface area (Å²) in [5.74, 6) is 1.57. The number of amides is 1. The number of rotatable bonds is 5. The Kier molecular flexibility index (Phi) is 6.49. The highest BCUT2D eigenvalue weighted by Crippen LogP contribution is 2.11. The predicted octanol–water partition coefficient (Wildman–Crippen LogP) is 0.395. The van der Waals surface area contributed by atoms with E-state index in [1.165, 1.54) is 7.11 Å². The van der Waals surface area contributed by atoms with Gasteiger partial charge in [0, 0.05) is 30.5 Å². The molecule has 0 aromatic rings. The van der Waals surface area contributed by atoms with E-state index in [-0.39, 0.29) is 23.8 Å². The molecule has 1 fully saturated rings. The number of ether oxygens (including phenoxy) is 1. The topological polar surface area (TPSA) is 67.4 Å². The number of thioether (sulfide) groups is 1. The minimum Gasteiger partial charge on any atom is -0.467 e. The maximum Gasteiger partial charge on any atom is 0.328 e. The third kappa shape index (κ3) is 4.86. The van der Waals surface area contributed by atoms with Crippen LogP contribution in [-0.4, -0.2) is 49.1 Å². The lowest BCUT2D eigenvalue weighted by atomic mass is 10.0. The minimum atomic E-state index is -0.557. The molecule has 1 saturated heterocycles. The van der Waals surface area contributed by atoms with Gasteiger partial charge in [-0.05, 0) is 5.92 Å². The van der Waals surface area contributed by atoms with E-state index < -0.39 is 6.04 Å². The van der Waals surface area contributed by atoms with Crippen molar-refractivity contribution in [1.82, 2.24) is 10.6 Å². The van der Waals surface area contributed by atoms with E-state index in [2.05, 4.69) is 10.6 Å². The Bertz CT molecular complexity index is 291. The van der Waals surface area contributed by atoms with Crippen LogP contribution in [-0.2, 0) is 14.3 Å². The van der Waals surface area contributed by atoms with Crippen LogP contribution in [0.25, 0.3) is 0 Å². The number of nitrogens with one attached hydrogen (secondary N) is 2. The van der Waals surface area contributed by atoms with Gasteiger partial charge >= 0.3 is 5.97 Å². The highest BCUT2D eigenvalue weighted by molar-refractivity contribution is 7.99. The van der Waals surface area contributed by atoms with Gasteiger partial charge in [-0.2, -0.15) is 11.8 Å². The minimum absolute atomic E-state index is 0.0232. The second kappa shape index (κ2) is 7.63. The van der Waals surface area contributed by atoms with Crippen molar-refractivity contribution in [2.45, 2.75) is 32.4 Å². The third-order valence-corrected chi connectivity index (χ3v) is 4.00. The normalized spacial score (nSPS) is 21.4. The lowest BCUT2D eigenvalue weighted by Crippen LogP contribution is -2.48. The molecule has 0 radical (unpaired) electrons. The zero-order chi connectivity index (χ0) is 13.5. The van der Waals surface area contributed by atoms with Crippen LogP contribution in [0.5, 0.6) is 0 Å². The van der Waals surface area contributed by atoms with Crippen LogP contribution >= 0.6 is 11.8 Å². The first-order valence-corrected chi connectivity index (χ1v) is 7.38. The maximum absolute atomic E-state index is 11.9. The second-order valence-corrected chi connectivity index (χ2v) is 5.89. The van der Waals surface area contributed by atoms with Crippen molar-refractivity contribution in [2.75, 3.05) is 25.2 Å². The highest BCUT2D eigenvalue weighted by Gasteiger charge is 2.26. The molecule has 2 unspecified atom stereocenters. The number of carbonyl (C=O) groups is 2. The van der Waals surface area contributed by atoms with Gasteiger partial charge in [-0.15, -0.1) is 0 Å². The first kappa shape index (κ1) is 15.3. The van der Waals surface area contributed by atoms with Crippen LogP contribution in [0.4, 0.5) is 0 Å². The van der Waals surface area contributed by atoms with Gasteiger partial charge in [0.15, 0.2) is 0 Å². The van der Waals surface area contributed by atoms with Crippen LogP contribution in [0.15, 0.2) is 0 Å². The van der Waals surface area contributed by atoms with Crippen molar-refractivity contribution in [3.05, 3.63) is 0 Å². The molecule has 1 aliphatic heterocycles. The molecule has 0 saturated carbocycles. The van der Waals surface area contributed by atoms with E-state index >= 15 is 0 Å². The van der Waals surface area contributed by atoms with Crippen molar-refractivity contribution >= 4 is 23.6 Å². The fraction of sp³-hybridized carbons (Fsp3) is 0.833. The molecule has 1 rings (SSSR count). The van der Waals surface area contributed by atoms with Gasteiger partial charge in [0.25, 0.3) is 0 Å². The molecule has 104 valence electrons. The van der Waals surface area contributed by atoms with E-state index in [1.54, 1.807) is 0 Å². The Hall–Kier alpha value is -0.750. The van der Waals surface area contributed by atoms with Crippen LogP contribution in [0.2, 0.25) is 0 Å². The molecule has 18 heavy (non-hydrogen) atoms. The SMILES string of the molecule is COC(=O)C(NC(=O)CC1CSCCN1)C(C)C. The quantitative estimate of drug-likeness (QED) is 0.710. The van der Waals surface area contributed by atoms with Gasteiger partial charge in [0.1, 0.15) is 6.04 Å². The summed E-state index contributed by atoms with van der Waals surface area (Å²) in [5, 5.41) is 6.05. The summed E-state index contributed by atoms with van der Waals surface area (Å²) >= 11 is 1.85. The van der Waals surface area contributed by atoms with Crippen molar-refractivity contribution in [1.29, 1.82) is 0 Å². The van der Waals surface area contributed by atoms with Crippen molar-refractivity contribution < 1.29 is 14.3 Å². The van der Waals surface area contributed by atoms with Gasteiger partial charge in [0.2, 0.25) is 5.91 Å². The number of hydrogen-bond acceptors (Lipinski definition) is 5. The average molecular weight is 274 g/mol. The monoisotopic (exact) mass is 274 g/mol. The Morgan fingerprint density at radius 3 is 2.72 bits per heavy atom. The molecule has 1 amide bonds. The molecule has 6 heteroatoms. The first-order chi connectivity index (χ1) is 8.54. The Balaban J connectivity index is 2.42. The molecule has 1 aliphatic rings. The summed E-state index contributed by atoms with van der Waals surface area (Å²) in [7, 11) is 1.34.